The van der Waals surface area contributed by atoms with Gasteiger partial charge in [-0.3, -0.25) is 0 Å². The Bertz CT molecular complexity index is 115. The Hall–Kier alpha value is -0.860. The van der Waals surface area contributed by atoms with Crippen molar-refractivity contribution >= 4 is 0 Å². The molecular weight excluding hydrogens is 120 g/mol. The van der Waals surface area contributed by atoms with Crippen LogP contribution in [0.5, 0.6) is 0 Å². The predicted octanol–water partition coefficient (Wildman–Crippen LogP) is 2.58. The van der Waals surface area contributed by atoms with Crippen LogP contribution in [0, 0.1) is 0 Å². The molecule has 0 aromatic carbocycles. The highest BCUT2D eigenvalue weighted by molar-refractivity contribution is 4.85. The van der Waals surface area contributed by atoms with Crippen molar-refractivity contribution in [1.29, 1.82) is 0 Å². The van der Waals surface area contributed by atoms with E-state index >= 15 is 0 Å². The van der Waals surface area contributed by atoms with Gasteiger partial charge in [0.15, 0.2) is 0 Å². The number of allylic oxidation sites excluding steroid dienone is 2. The second-order valence-corrected chi connectivity index (χ2v) is 1.96. The summed E-state index contributed by atoms with van der Waals surface area (Å²) in [5.41, 5.74) is 0. The van der Waals surface area contributed by atoms with Crippen molar-refractivity contribution in [1.82, 2.24) is 0 Å². The molecule has 0 spiro atoms. The summed E-state index contributed by atoms with van der Waals surface area (Å²) in [4.78, 5) is 0. The lowest BCUT2D eigenvalue weighted by molar-refractivity contribution is 0.264. The Morgan fingerprint density at radius 1 is 0.778 bits per heavy atom. The minimum absolute atomic E-state index is 1.32. The molecule has 0 fully saturated rings. The van der Waals surface area contributed by atoms with Crippen LogP contribution in [0.25, 0.3) is 0 Å². The molecule has 3 heteroatoms. The molecule has 0 bridgehead atoms. The Balaban J connectivity index is 0.000000112. The zero-order chi connectivity index (χ0) is 6.36. The Labute approximate surface area is 53.1 Å². The van der Waals surface area contributed by atoms with E-state index in [1.165, 1.54) is 25.7 Å². The monoisotopic (exact) mass is 130 g/mol. The molecule has 0 N–H and O–H groups in total. The van der Waals surface area contributed by atoms with Gasteiger partial charge in [-0.1, -0.05) is 12.2 Å². The maximum absolute atomic E-state index is 3.50. The van der Waals surface area contributed by atoms with Crippen LogP contribution in [0.15, 0.2) is 26.4 Å². The van der Waals surface area contributed by atoms with Crippen molar-refractivity contribution in [2.45, 2.75) is 25.7 Å². The van der Waals surface area contributed by atoms with Crippen LogP contribution >= 0.6 is 0 Å². The van der Waals surface area contributed by atoms with E-state index in [1.54, 1.807) is 0 Å². The van der Waals surface area contributed by atoms with Gasteiger partial charge in [-0.05, 0) is 25.7 Å². The molecule has 2 rings (SSSR count). The van der Waals surface area contributed by atoms with Crippen molar-refractivity contribution in [2.75, 3.05) is 0 Å². The van der Waals surface area contributed by atoms with Gasteiger partial charge >= 0.3 is 0 Å². The first kappa shape index (κ1) is 6.26. The van der Waals surface area contributed by atoms with Gasteiger partial charge < -0.3 is 0 Å². The maximum atomic E-state index is 3.50. The molecule has 3 nitrogen and oxygen atoms in total. The maximum Gasteiger partial charge on any atom is 0 e. The second-order valence-electron chi connectivity index (χ2n) is 1.96. The van der Waals surface area contributed by atoms with Gasteiger partial charge in [-0.15, -0.1) is 0 Å². The lowest BCUT2D eigenvalue weighted by atomic mass is 10.1. The summed E-state index contributed by atoms with van der Waals surface area (Å²) < 4.78 is 10.5. The van der Waals surface area contributed by atoms with Crippen LogP contribution in [0.2, 0.25) is 0 Å². The standard InChI is InChI=1S/C6H10.O3/c1-2-4-6-5-3-1;1-2-3-1/h1-2H,3-6H2;. The molecule has 1 aromatic rings. The van der Waals surface area contributed by atoms with E-state index in [4.69, 9.17) is 0 Å². The van der Waals surface area contributed by atoms with E-state index in [0.717, 1.165) is 0 Å². The molecule has 0 unspecified atom stereocenters. The average Bonchev–Trinajstić information content (AvgIpc) is 2.76. The van der Waals surface area contributed by atoms with Crippen LogP contribution < -0.4 is 0 Å². The summed E-state index contributed by atoms with van der Waals surface area (Å²) in [6, 6.07) is 0. The summed E-state index contributed by atoms with van der Waals surface area (Å²) in [6.45, 7) is 0. The molecule has 0 saturated heterocycles. The lowest BCUT2D eigenvalue weighted by Crippen LogP contribution is -1.77. The molecule has 0 saturated carbocycles. The first-order valence-electron chi connectivity index (χ1n) is 3.15. The van der Waals surface area contributed by atoms with E-state index in [0.29, 0.717) is 0 Å². The molecular formula is C6H10O3. The summed E-state index contributed by atoms with van der Waals surface area (Å²) in [7, 11) is 0. The average molecular weight is 130 g/mol. The number of hydrogen-bond acceptors (Lipinski definition) is 3. The zero-order valence-electron chi connectivity index (χ0n) is 5.21. The third-order valence-electron chi connectivity index (χ3n) is 1.23. The highest BCUT2D eigenvalue weighted by atomic mass is 17.6. The fourth-order valence-corrected chi connectivity index (χ4v) is 0.760. The quantitative estimate of drug-likeness (QED) is 0.400. The number of rotatable bonds is 0. The topological polar surface area (TPSA) is 39.4 Å². The van der Waals surface area contributed by atoms with E-state index in [9.17, 15) is 0 Å². The molecule has 1 aromatic heterocycles. The van der Waals surface area contributed by atoms with Gasteiger partial charge in [0.25, 0.3) is 0 Å². The first-order chi connectivity index (χ1) is 4.50. The molecule has 0 radical (unpaired) electrons. The molecule has 1 aliphatic rings. The van der Waals surface area contributed by atoms with Crippen molar-refractivity contribution in [3.05, 3.63) is 12.2 Å². The minimum Gasteiger partial charge on any atom is -0.0885 e. The van der Waals surface area contributed by atoms with Crippen molar-refractivity contribution in [3.8, 4) is 0 Å². The largest absolute Gasteiger partial charge is 0.0885 e. The van der Waals surface area contributed by atoms with Gasteiger partial charge in [-0.25, -0.2) is 0 Å². The van der Waals surface area contributed by atoms with Crippen LogP contribution in [0.1, 0.15) is 25.7 Å². The van der Waals surface area contributed by atoms with E-state index in [-0.39, 0.29) is 0 Å². The third-order valence-corrected chi connectivity index (χ3v) is 1.23. The molecule has 1 aliphatic carbocycles. The minimum atomic E-state index is 1.32. The molecule has 1 heterocycles. The molecule has 52 valence electrons. The lowest BCUT2D eigenvalue weighted by Gasteiger charge is -1.97. The Kier molecular flexibility index (Phi) is 2.83. The zero-order valence-corrected chi connectivity index (χ0v) is 5.21. The highest BCUT2D eigenvalue weighted by Crippen LogP contribution is 2.07. The van der Waals surface area contributed by atoms with Crippen molar-refractivity contribution in [3.63, 3.8) is 0 Å². The van der Waals surface area contributed by atoms with E-state index in [2.05, 4.69) is 26.4 Å². The van der Waals surface area contributed by atoms with Gasteiger partial charge in [0.2, 0.25) is 0 Å². The summed E-state index contributed by atoms with van der Waals surface area (Å²) in [5.74, 6) is 0. The smallest absolute Gasteiger partial charge is 0 e. The van der Waals surface area contributed by atoms with Gasteiger partial charge in [0.1, 0.15) is 0 Å². The molecule has 0 aliphatic heterocycles. The number of hydrogen-bond donors (Lipinski definition) is 0. The van der Waals surface area contributed by atoms with Crippen LogP contribution in [0.4, 0.5) is 0 Å². The predicted molar refractivity (Wildman–Crippen MR) is 30.8 cm³/mol. The normalized spacial score (nSPS) is 16.9. The van der Waals surface area contributed by atoms with E-state index in [1.807, 2.05) is 0 Å². The van der Waals surface area contributed by atoms with Crippen LogP contribution in [-0.4, -0.2) is 0 Å². The molecule has 9 heavy (non-hydrogen) atoms. The Morgan fingerprint density at radius 3 is 1.33 bits per heavy atom. The molecule has 0 amide bonds. The summed E-state index contributed by atoms with van der Waals surface area (Å²) in [5, 5.41) is 0. The van der Waals surface area contributed by atoms with Gasteiger partial charge in [0, 0.05) is 14.2 Å². The summed E-state index contributed by atoms with van der Waals surface area (Å²) in [6.07, 6.45) is 10.0. The SMILES string of the molecule is C1=CCCCC1.o1oo1. The van der Waals surface area contributed by atoms with E-state index < -0.39 is 0 Å². The summed E-state index contributed by atoms with van der Waals surface area (Å²) >= 11 is 0. The van der Waals surface area contributed by atoms with Crippen molar-refractivity contribution < 1.29 is 14.2 Å². The van der Waals surface area contributed by atoms with Gasteiger partial charge in [0.05, 0.1) is 0 Å². The second kappa shape index (κ2) is 4.06. The van der Waals surface area contributed by atoms with Crippen LogP contribution in [0.3, 0.4) is 0 Å². The van der Waals surface area contributed by atoms with Crippen molar-refractivity contribution in [2.24, 2.45) is 0 Å². The molecule has 0 atom stereocenters. The fraction of sp³-hybridized carbons (Fsp3) is 0.667. The Morgan fingerprint density at radius 2 is 1.22 bits per heavy atom. The fourth-order valence-electron chi connectivity index (χ4n) is 0.760. The van der Waals surface area contributed by atoms with Crippen LogP contribution in [-0.2, 0) is 0 Å². The highest BCUT2D eigenvalue weighted by Gasteiger charge is 1.87. The first-order valence-corrected chi connectivity index (χ1v) is 3.15. The van der Waals surface area contributed by atoms with Gasteiger partial charge in [-0.2, -0.15) is 0 Å². The third kappa shape index (κ3) is 5.00.